The predicted octanol–water partition coefficient (Wildman–Crippen LogP) is 2.18. The maximum absolute atomic E-state index is 5.94. The van der Waals surface area contributed by atoms with Crippen LogP contribution in [0.1, 0.15) is 18.4 Å². The second-order valence-corrected chi connectivity index (χ2v) is 7.48. The van der Waals surface area contributed by atoms with E-state index in [1.54, 1.807) is 11.8 Å². The molecule has 0 aromatic heterocycles. The van der Waals surface area contributed by atoms with Crippen LogP contribution in [0.4, 0.5) is 0 Å². The third kappa shape index (κ3) is 6.99. The van der Waals surface area contributed by atoms with Gasteiger partial charge < -0.3 is 16.4 Å². The van der Waals surface area contributed by atoms with Crippen molar-refractivity contribution in [3.05, 3.63) is 33.4 Å². The third-order valence-corrected chi connectivity index (χ3v) is 5.07. The van der Waals surface area contributed by atoms with Gasteiger partial charge in [0.25, 0.3) is 0 Å². The molecule has 4 N–H and O–H groups in total. The molecule has 1 heterocycles. The molecule has 0 radical (unpaired) electrons. The van der Waals surface area contributed by atoms with Crippen molar-refractivity contribution in [2.45, 2.75) is 25.3 Å². The molecule has 0 bridgehead atoms. The lowest BCUT2D eigenvalue weighted by Gasteiger charge is -2.08. The molecular weight excluding hydrogens is 395 g/mol. The highest BCUT2D eigenvalue weighted by Gasteiger charge is 2.12. The van der Waals surface area contributed by atoms with E-state index in [1.807, 2.05) is 0 Å². The van der Waals surface area contributed by atoms with Gasteiger partial charge in [0.15, 0.2) is 5.17 Å². The van der Waals surface area contributed by atoms with Crippen LogP contribution in [-0.4, -0.2) is 36.7 Å². The van der Waals surface area contributed by atoms with Crippen LogP contribution in [0.15, 0.2) is 29.3 Å². The molecule has 0 amide bonds. The first kappa shape index (κ1) is 17.1. The summed E-state index contributed by atoms with van der Waals surface area (Å²) in [5.41, 5.74) is 7.26. The molecule has 1 fully saturated rings. The summed E-state index contributed by atoms with van der Waals surface area (Å²) >= 11 is 3.99. The Labute approximate surface area is 144 Å². The molecule has 2 rings (SSSR count). The van der Waals surface area contributed by atoms with Crippen LogP contribution in [0, 0.1) is 3.57 Å². The van der Waals surface area contributed by atoms with E-state index >= 15 is 0 Å². The second kappa shape index (κ2) is 9.66. The minimum Gasteiger partial charge on any atom is -0.379 e. The minimum atomic E-state index is 0.629. The first-order valence-electron chi connectivity index (χ1n) is 7.35. The molecule has 1 saturated heterocycles. The normalized spacial score (nSPS) is 19.1. The Bertz CT molecular complexity index is 443. The number of rotatable bonds is 7. The van der Waals surface area contributed by atoms with Crippen LogP contribution < -0.4 is 16.4 Å². The molecular formula is C15H23IN4S. The summed E-state index contributed by atoms with van der Waals surface area (Å²) < 4.78 is 1.27. The number of nitrogens with two attached hydrogens (primary N) is 1. The fourth-order valence-corrected chi connectivity index (χ4v) is 3.30. The molecule has 6 heteroatoms. The second-order valence-electron chi connectivity index (χ2n) is 5.12. The summed E-state index contributed by atoms with van der Waals surface area (Å²) in [6, 6.07) is 9.20. The third-order valence-electron chi connectivity index (χ3n) is 3.43. The van der Waals surface area contributed by atoms with Crippen LogP contribution >= 0.6 is 34.4 Å². The SMILES string of the molecule is NC(=NCCc1ccc(I)cc1)SCCCC1CNCN1. The van der Waals surface area contributed by atoms with Gasteiger partial charge in [0.1, 0.15) is 0 Å². The van der Waals surface area contributed by atoms with Gasteiger partial charge in [-0.1, -0.05) is 23.9 Å². The number of nitrogens with zero attached hydrogens (tertiary/aromatic N) is 1. The highest BCUT2D eigenvalue weighted by atomic mass is 127. The molecule has 21 heavy (non-hydrogen) atoms. The number of nitrogens with one attached hydrogen (secondary N) is 2. The number of benzene rings is 1. The van der Waals surface area contributed by atoms with Crippen molar-refractivity contribution >= 4 is 39.5 Å². The van der Waals surface area contributed by atoms with Gasteiger partial charge in [0.2, 0.25) is 0 Å². The lowest BCUT2D eigenvalue weighted by Crippen LogP contribution is -2.23. The molecule has 1 aliphatic rings. The summed E-state index contributed by atoms with van der Waals surface area (Å²) in [5, 5.41) is 7.44. The lowest BCUT2D eigenvalue weighted by atomic mass is 10.2. The highest BCUT2D eigenvalue weighted by molar-refractivity contribution is 14.1. The van der Waals surface area contributed by atoms with E-state index in [0.717, 1.165) is 37.1 Å². The van der Waals surface area contributed by atoms with Crippen LogP contribution in [0.5, 0.6) is 0 Å². The summed E-state index contributed by atoms with van der Waals surface area (Å²) in [5.74, 6) is 1.05. The number of hydrogen-bond donors (Lipinski definition) is 3. The molecule has 1 aromatic rings. The summed E-state index contributed by atoms with van der Waals surface area (Å²) in [7, 11) is 0. The molecule has 1 unspecified atom stereocenters. The maximum Gasteiger partial charge on any atom is 0.153 e. The number of halogens is 1. The summed E-state index contributed by atoms with van der Waals surface area (Å²) in [6.07, 6.45) is 3.34. The zero-order valence-corrected chi connectivity index (χ0v) is 15.1. The Morgan fingerprint density at radius 2 is 2.19 bits per heavy atom. The van der Waals surface area contributed by atoms with Crippen molar-refractivity contribution in [3.63, 3.8) is 0 Å². The quantitative estimate of drug-likeness (QED) is 0.275. The Morgan fingerprint density at radius 3 is 2.90 bits per heavy atom. The first-order valence-corrected chi connectivity index (χ1v) is 9.42. The van der Waals surface area contributed by atoms with Crippen molar-refractivity contribution in [1.29, 1.82) is 0 Å². The molecule has 4 nitrogen and oxygen atoms in total. The summed E-state index contributed by atoms with van der Waals surface area (Å²) in [4.78, 5) is 4.44. The minimum absolute atomic E-state index is 0.629. The van der Waals surface area contributed by atoms with E-state index in [4.69, 9.17) is 5.73 Å². The zero-order valence-electron chi connectivity index (χ0n) is 12.1. The topological polar surface area (TPSA) is 62.4 Å². The Kier molecular flexibility index (Phi) is 7.84. The fourth-order valence-electron chi connectivity index (χ4n) is 2.24. The van der Waals surface area contributed by atoms with Gasteiger partial charge in [-0.05, 0) is 59.5 Å². The Hall–Kier alpha value is -0.310. The van der Waals surface area contributed by atoms with Crippen LogP contribution in [0.2, 0.25) is 0 Å². The number of thioether (sulfide) groups is 1. The smallest absolute Gasteiger partial charge is 0.153 e. The maximum atomic E-state index is 5.94. The van der Waals surface area contributed by atoms with Gasteiger partial charge >= 0.3 is 0 Å². The Morgan fingerprint density at radius 1 is 1.38 bits per heavy atom. The van der Waals surface area contributed by atoms with E-state index < -0.39 is 0 Å². The number of hydrogen-bond acceptors (Lipinski definition) is 4. The standard InChI is InChI=1S/C15H23IN4S/c16-13-5-3-12(4-6-13)7-8-19-15(17)21-9-1-2-14-10-18-11-20-14/h3-6,14,18,20H,1-2,7-11H2,(H2,17,19). The largest absolute Gasteiger partial charge is 0.379 e. The van der Waals surface area contributed by atoms with E-state index in [1.165, 1.54) is 22.0 Å². The van der Waals surface area contributed by atoms with Crippen molar-refractivity contribution in [2.75, 3.05) is 25.5 Å². The molecule has 1 aliphatic heterocycles. The van der Waals surface area contributed by atoms with Crippen molar-refractivity contribution in [1.82, 2.24) is 10.6 Å². The fraction of sp³-hybridized carbons (Fsp3) is 0.533. The highest BCUT2D eigenvalue weighted by Crippen LogP contribution is 2.09. The molecule has 116 valence electrons. The molecule has 0 aliphatic carbocycles. The number of amidine groups is 1. The van der Waals surface area contributed by atoms with E-state index in [0.29, 0.717) is 6.04 Å². The predicted molar refractivity (Wildman–Crippen MR) is 101 cm³/mol. The van der Waals surface area contributed by atoms with Gasteiger partial charge in [0.05, 0.1) is 0 Å². The van der Waals surface area contributed by atoms with E-state index in [9.17, 15) is 0 Å². The summed E-state index contributed by atoms with van der Waals surface area (Å²) in [6.45, 7) is 2.80. The van der Waals surface area contributed by atoms with Gasteiger partial charge in [-0.2, -0.15) is 0 Å². The van der Waals surface area contributed by atoms with Gasteiger partial charge in [-0.3, -0.25) is 4.99 Å². The van der Waals surface area contributed by atoms with E-state index in [-0.39, 0.29) is 0 Å². The average Bonchev–Trinajstić information content (AvgIpc) is 2.99. The van der Waals surface area contributed by atoms with Crippen LogP contribution in [0.25, 0.3) is 0 Å². The number of aliphatic imine (C=N–C) groups is 1. The van der Waals surface area contributed by atoms with Crippen molar-refractivity contribution in [3.8, 4) is 0 Å². The molecule has 1 atom stereocenters. The first-order chi connectivity index (χ1) is 10.2. The lowest BCUT2D eigenvalue weighted by molar-refractivity contribution is 0.576. The van der Waals surface area contributed by atoms with E-state index in [2.05, 4.69) is 62.5 Å². The van der Waals surface area contributed by atoms with Crippen molar-refractivity contribution < 1.29 is 0 Å². The van der Waals surface area contributed by atoms with Gasteiger partial charge in [0, 0.05) is 35.1 Å². The van der Waals surface area contributed by atoms with Crippen LogP contribution in [-0.2, 0) is 6.42 Å². The van der Waals surface area contributed by atoms with Crippen molar-refractivity contribution in [2.24, 2.45) is 10.7 Å². The van der Waals surface area contributed by atoms with Gasteiger partial charge in [-0.25, -0.2) is 0 Å². The monoisotopic (exact) mass is 418 g/mol. The van der Waals surface area contributed by atoms with Gasteiger partial charge in [-0.15, -0.1) is 0 Å². The molecule has 0 spiro atoms. The molecule has 0 saturated carbocycles. The van der Waals surface area contributed by atoms with Crippen LogP contribution in [0.3, 0.4) is 0 Å². The average molecular weight is 418 g/mol. The zero-order chi connectivity index (χ0) is 14.9. The molecule has 1 aromatic carbocycles. The Balaban J connectivity index is 1.56.